The minimum atomic E-state index is -5.02. The lowest BCUT2D eigenvalue weighted by Gasteiger charge is -2.33. The molecule has 0 aliphatic heterocycles. The molecule has 0 amide bonds. The maximum Gasteiger partial charge on any atom is 0.283 e. The van der Waals surface area contributed by atoms with Gasteiger partial charge in [-0.15, -0.1) is 0 Å². The Labute approximate surface area is 186 Å². The van der Waals surface area contributed by atoms with Gasteiger partial charge in [-0.25, -0.2) is 0 Å². The van der Waals surface area contributed by atoms with Gasteiger partial charge >= 0.3 is 0 Å². The van der Waals surface area contributed by atoms with Crippen LogP contribution in [-0.2, 0) is 14.9 Å². The third-order valence-electron chi connectivity index (χ3n) is 4.39. The first-order chi connectivity index (χ1) is 13.5. The van der Waals surface area contributed by atoms with Gasteiger partial charge in [0.15, 0.2) is 16.2 Å². The first-order valence-corrected chi connectivity index (χ1v) is 10.8. The fraction of sp³-hybridized carbons (Fsp3) is 0.0526. The summed E-state index contributed by atoms with van der Waals surface area (Å²) in [5, 5.41) is 19.9. The molecule has 3 aromatic carbocycles. The summed E-state index contributed by atoms with van der Waals surface area (Å²) in [4.78, 5) is 0. The van der Waals surface area contributed by atoms with Gasteiger partial charge in [0, 0.05) is 16.7 Å². The van der Waals surface area contributed by atoms with Gasteiger partial charge < -0.3 is 10.2 Å². The molecule has 0 bridgehead atoms. The van der Waals surface area contributed by atoms with E-state index in [9.17, 15) is 23.2 Å². The molecule has 0 aliphatic carbocycles. The van der Waals surface area contributed by atoms with Crippen molar-refractivity contribution in [3.8, 4) is 11.5 Å². The molecular formula is C19H12Cl4O5S. The highest BCUT2D eigenvalue weighted by atomic mass is 35.5. The Morgan fingerprint density at radius 2 is 1.34 bits per heavy atom. The molecule has 5 nitrogen and oxygen atoms in total. The average molecular weight is 494 g/mol. The Balaban J connectivity index is 2.58. The molecule has 0 aliphatic rings. The topological polar surface area (TPSA) is 94.8 Å². The molecule has 0 saturated heterocycles. The second kappa shape index (κ2) is 7.87. The maximum absolute atomic E-state index is 12.9. The van der Waals surface area contributed by atoms with Crippen LogP contribution in [0.5, 0.6) is 11.5 Å². The van der Waals surface area contributed by atoms with Crippen molar-refractivity contribution in [2.45, 2.75) is 4.75 Å². The molecule has 0 aromatic heterocycles. The second-order valence-corrected chi connectivity index (χ2v) is 9.34. The van der Waals surface area contributed by atoms with Gasteiger partial charge in [0.25, 0.3) is 10.1 Å². The van der Waals surface area contributed by atoms with E-state index in [0.717, 1.165) is 12.1 Å². The van der Waals surface area contributed by atoms with E-state index in [1.54, 1.807) is 0 Å². The number of hydrogen-bond acceptors (Lipinski definition) is 4. The summed E-state index contributed by atoms with van der Waals surface area (Å²) in [6.07, 6.45) is 0. The van der Waals surface area contributed by atoms with Crippen LogP contribution < -0.4 is 0 Å². The van der Waals surface area contributed by atoms with Gasteiger partial charge in [0.05, 0.1) is 15.1 Å². The van der Waals surface area contributed by atoms with Crippen LogP contribution in [0.15, 0.2) is 54.6 Å². The van der Waals surface area contributed by atoms with Crippen LogP contribution in [0.2, 0.25) is 20.1 Å². The molecule has 3 N–H and O–H groups in total. The maximum atomic E-state index is 12.9. The number of phenols is 2. The summed E-state index contributed by atoms with van der Waals surface area (Å²) in [5.41, 5.74) is -0.209. The van der Waals surface area contributed by atoms with Gasteiger partial charge in [-0.3, -0.25) is 4.55 Å². The zero-order chi connectivity index (χ0) is 21.6. The van der Waals surface area contributed by atoms with Crippen molar-refractivity contribution in [3.05, 3.63) is 91.4 Å². The third-order valence-corrected chi connectivity index (χ3v) is 7.14. The van der Waals surface area contributed by atoms with Crippen molar-refractivity contribution in [1.29, 1.82) is 0 Å². The van der Waals surface area contributed by atoms with Crippen molar-refractivity contribution in [3.63, 3.8) is 0 Å². The number of benzene rings is 3. The number of rotatable bonds is 4. The van der Waals surface area contributed by atoms with Crippen molar-refractivity contribution in [1.82, 2.24) is 0 Å². The molecule has 3 rings (SSSR count). The predicted octanol–water partition coefficient (Wildman–Crippen LogP) is 5.89. The van der Waals surface area contributed by atoms with Gasteiger partial charge in [-0.1, -0.05) is 64.6 Å². The van der Waals surface area contributed by atoms with Gasteiger partial charge in [0.1, 0.15) is 0 Å². The molecule has 0 saturated carbocycles. The highest BCUT2D eigenvalue weighted by Crippen LogP contribution is 2.49. The standard InChI is InChI=1S/C19H12Cl4O5S/c20-12-3-1-2-10(6-12)19(29(26,27)28,11-4-5-14(21)16(23)7-11)13-8-17(24)18(25)9-15(13)22/h1-9,24-25H,(H,26,27,28). The van der Waals surface area contributed by atoms with Crippen LogP contribution in [0, 0.1) is 0 Å². The van der Waals surface area contributed by atoms with E-state index in [1.807, 2.05) is 0 Å². The summed E-state index contributed by atoms with van der Waals surface area (Å²) in [6.45, 7) is 0. The highest BCUT2D eigenvalue weighted by Gasteiger charge is 2.50. The van der Waals surface area contributed by atoms with Gasteiger partial charge in [-0.2, -0.15) is 8.42 Å². The van der Waals surface area contributed by atoms with Crippen LogP contribution in [0.3, 0.4) is 0 Å². The zero-order valence-corrected chi connectivity index (χ0v) is 18.1. The molecule has 152 valence electrons. The first kappa shape index (κ1) is 22.0. The van der Waals surface area contributed by atoms with Crippen LogP contribution in [0.4, 0.5) is 0 Å². The zero-order valence-electron chi connectivity index (χ0n) is 14.3. The SMILES string of the molecule is O=S(=O)(O)C(c1cccc(Cl)c1)(c1ccc(Cl)c(Cl)c1)c1cc(O)c(O)cc1Cl. The Bertz CT molecular complexity index is 1210. The van der Waals surface area contributed by atoms with Crippen molar-refractivity contribution in [2.75, 3.05) is 0 Å². The normalized spacial score (nSPS) is 13.8. The fourth-order valence-corrected chi connectivity index (χ4v) is 5.30. The first-order valence-electron chi connectivity index (χ1n) is 7.89. The Hall–Kier alpha value is -1.67. The lowest BCUT2D eigenvalue weighted by molar-refractivity contribution is 0.402. The molecule has 0 fully saturated rings. The number of halogens is 4. The third kappa shape index (κ3) is 3.77. The Morgan fingerprint density at radius 3 is 1.93 bits per heavy atom. The lowest BCUT2D eigenvalue weighted by Crippen LogP contribution is -2.38. The second-order valence-electron chi connectivity index (χ2n) is 6.12. The van der Waals surface area contributed by atoms with E-state index < -0.39 is 26.4 Å². The Morgan fingerprint density at radius 1 is 0.724 bits per heavy atom. The van der Waals surface area contributed by atoms with Crippen LogP contribution in [0.1, 0.15) is 16.7 Å². The Kier molecular flexibility index (Phi) is 5.98. The molecule has 0 spiro atoms. The molecule has 29 heavy (non-hydrogen) atoms. The van der Waals surface area contributed by atoms with Crippen molar-refractivity contribution in [2.24, 2.45) is 0 Å². The van der Waals surface area contributed by atoms with E-state index in [2.05, 4.69) is 0 Å². The van der Waals surface area contributed by atoms with E-state index in [1.165, 1.54) is 42.5 Å². The number of hydrogen-bond donors (Lipinski definition) is 3. The van der Waals surface area contributed by atoms with Gasteiger partial charge in [0.2, 0.25) is 0 Å². The molecule has 0 heterocycles. The molecule has 1 atom stereocenters. The summed E-state index contributed by atoms with van der Waals surface area (Å²) in [6, 6.07) is 11.6. The van der Waals surface area contributed by atoms with E-state index in [0.29, 0.717) is 0 Å². The van der Waals surface area contributed by atoms with E-state index >= 15 is 0 Å². The molecular weight excluding hydrogens is 482 g/mol. The quantitative estimate of drug-likeness (QED) is 0.239. The summed E-state index contributed by atoms with van der Waals surface area (Å²) in [7, 11) is -5.02. The monoisotopic (exact) mass is 492 g/mol. The fourth-order valence-electron chi connectivity index (χ4n) is 3.16. The van der Waals surface area contributed by atoms with Crippen molar-refractivity contribution < 1.29 is 23.2 Å². The van der Waals surface area contributed by atoms with Gasteiger partial charge in [-0.05, 0) is 41.5 Å². The summed E-state index contributed by atoms with van der Waals surface area (Å²) >= 11 is 24.4. The van der Waals surface area contributed by atoms with E-state index in [4.69, 9.17) is 46.4 Å². The molecule has 0 radical (unpaired) electrons. The predicted molar refractivity (Wildman–Crippen MR) is 114 cm³/mol. The van der Waals surface area contributed by atoms with Crippen LogP contribution in [0.25, 0.3) is 0 Å². The molecule has 1 unspecified atom stereocenters. The number of phenolic OH excluding ortho intramolecular Hbond substituents is 2. The smallest absolute Gasteiger partial charge is 0.283 e. The summed E-state index contributed by atoms with van der Waals surface area (Å²) in [5.74, 6) is -1.21. The minimum Gasteiger partial charge on any atom is -0.504 e. The average Bonchev–Trinajstić information content (AvgIpc) is 2.62. The van der Waals surface area contributed by atoms with Crippen LogP contribution >= 0.6 is 46.4 Å². The van der Waals surface area contributed by atoms with Crippen molar-refractivity contribution >= 4 is 56.5 Å². The van der Waals surface area contributed by atoms with Crippen LogP contribution in [-0.4, -0.2) is 23.2 Å². The van der Waals surface area contributed by atoms with E-state index in [-0.39, 0.29) is 36.8 Å². The minimum absolute atomic E-state index is 0.0105. The lowest BCUT2D eigenvalue weighted by atomic mass is 9.83. The molecule has 10 heteroatoms. The highest BCUT2D eigenvalue weighted by molar-refractivity contribution is 7.87. The summed E-state index contributed by atoms with van der Waals surface area (Å²) < 4.78 is 34.0. The molecule has 3 aromatic rings. The number of aromatic hydroxyl groups is 2. The largest absolute Gasteiger partial charge is 0.504 e.